The highest BCUT2D eigenvalue weighted by molar-refractivity contribution is 7.20. The average Bonchev–Trinajstić information content (AvgIpc) is 3.52. The number of benzene rings is 7. The van der Waals surface area contributed by atoms with Gasteiger partial charge in [-0.05, 0) is 80.2 Å². The molecule has 4 nitrogen and oxygen atoms in total. The molecule has 0 fully saturated rings. The minimum Gasteiger partial charge on any atom is -0.309 e. The number of nitrogens with zero attached hydrogens (tertiary/aromatic N) is 4. The van der Waals surface area contributed by atoms with Gasteiger partial charge in [0.2, 0.25) is 0 Å². The molecule has 0 amide bonds. The van der Waals surface area contributed by atoms with E-state index in [4.69, 9.17) is 6.57 Å². The summed E-state index contributed by atoms with van der Waals surface area (Å²) in [5.74, 6) is 0. The fraction of sp³-hybridized carbons (Fsp3) is 0. The Morgan fingerprint density at radius 3 is 1.58 bits per heavy atom. The molecule has 0 saturated heterocycles. The highest BCUT2D eigenvalue weighted by Crippen LogP contribution is 2.38. The first-order chi connectivity index (χ1) is 24.7. The van der Waals surface area contributed by atoms with E-state index < -0.39 is 8.07 Å². The Morgan fingerprint density at radius 2 is 1.00 bits per heavy atom. The third-order valence-corrected chi connectivity index (χ3v) is 14.5. The predicted octanol–water partition coefficient (Wildman–Crippen LogP) is 8.12. The van der Waals surface area contributed by atoms with Gasteiger partial charge in [-0.1, -0.05) is 121 Å². The van der Waals surface area contributed by atoms with E-state index in [1.165, 1.54) is 20.7 Å². The molecule has 5 heteroatoms. The Kier molecular flexibility index (Phi) is 7.63. The van der Waals surface area contributed by atoms with Crippen LogP contribution in [0.4, 0.5) is 5.69 Å². The second kappa shape index (κ2) is 12.6. The van der Waals surface area contributed by atoms with E-state index in [-0.39, 0.29) is 0 Å². The summed E-state index contributed by atoms with van der Waals surface area (Å²) in [5, 5.41) is 26.8. The van der Waals surface area contributed by atoms with Crippen molar-refractivity contribution in [2.75, 3.05) is 0 Å². The fourth-order valence-corrected chi connectivity index (χ4v) is 12.5. The van der Waals surface area contributed by atoms with Crippen molar-refractivity contribution in [3.05, 3.63) is 192 Å². The molecule has 1 heterocycles. The van der Waals surface area contributed by atoms with Crippen LogP contribution in [0.15, 0.2) is 170 Å². The van der Waals surface area contributed by atoms with E-state index in [1.807, 2.05) is 54.6 Å². The maximum absolute atomic E-state index is 10.3. The molecule has 8 aromatic rings. The average molecular weight is 653 g/mol. The number of para-hydroxylation sites is 1. The summed E-state index contributed by atoms with van der Waals surface area (Å²) < 4.78 is 2.23. The van der Waals surface area contributed by atoms with Gasteiger partial charge in [-0.2, -0.15) is 10.5 Å². The zero-order chi connectivity index (χ0) is 34.1. The molecule has 0 N–H and O–H groups in total. The zero-order valence-corrected chi connectivity index (χ0v) is 28.0. The Labute approximate surface area is 291 Å². The molecule has 0 saturated carbocycles. The number of rotatable bonds is 6. The van der Waals surface area contributed by atoms with Gasteiger partial charge in [0.1, 0.15) is 0 Å². The quantitative estimate of drug-likeness (QED) is 0.104. The Morgan fingerprint density at radius 1 is 0.500 bits per heavy atom. The standard InChI is InChI=1S/C45H28N4Si/c1-48-34-23-25-44-40(29-34)39-27-32(30-46)21-24-43(39)49(44)42-20-12-11-19-38(42)41-28-33(31-47)22-26-45(41)50(35-13-5-2-6-14-35,36-15-7-3-8-16-36)37-17-9-4-10-18-37/h2-29H. The van der Waals surface area contributed by atoms with Gasteiger partial charge in [0.05, 0.1) is 46.6 Å². The first-order valence-corrected chi connectivity index (χ1v) is 18.3. The molecule has 7 aromatic carbocycles. The summed E-state index contributed by atoms with van der Waals surface area (Å²) in [4.78, 5) is 3.71. The van der Waals surface area contributed by atoms with Gasteiger partial charge >= 0.3 is 0 Å². The van der Waals surface area contributed by atoms with E-state index in [1.54, 1.807) is 0 Å². The smallest absolute Gasteiger partial charge is 0.188 e. The molecule has 0 aliphatic rings. The van der Waals surface area contributed by atoms with Crippen LogP contribution in [0.1, 0.15) is 11.1 Å². The van der Waals surface area contributed by atoms with Crippen molar-refractivity contribution in [2.45, 2.75) is 0 Å². The van der Waals surface area contributed by atoms with Crippen LogP contribution < -0.4 is 20.7 Å². The molecular weight excluding hydrogens is 625 g/mol. The molecule has 0 aliphatic heterocycles. The van der Waals surface area contributed by atoms with Crippen LogP contribution in [0.3, 0.4) is 0 Å². The molecule has 232 valence electrons. The maximum Gasteiger partial charge on any atom is 0.188 e. The summed E-state index contributed by atoms with van der Waals surface area (Å²) in [6.45, 7) is 7.70. The number of nitriles is 2. The highest BCUT2D eigenvalue weighted by Gasteiger charge is 2.43. The summed E-state index contributed by atoms with van der Waals surface area (Å²) in [5.41, 5.74) is 6.47. The molecular formula is C45H28N4Si. The van der Waals surface area contributed by atoms with Crippen LogP contribution in [0.5, 0.6) is 0 Å². The van der Waals surface area contributed by atoms with Gasteiger partial charge < -0.3 is 4.57 Å². The summed E-state index contributed by atoms with van der Waals surface area (Å²) in [7, 11) is -2.99. The molecule has 0 bridgehead atoms. The normalized spacial score (nSPS) is 11.1. The molecule has 0 atom stereocenters. The number of hydrogen-bond donors (Lipinski definition) is 0. The topological polar surface area (TPSA) is 56.9 Å². The van der Waals surface area contributed by atoms with E-state index in [0.717, 1.165) is 38.6 Å². The maximum atomic E-state index is 10.3. The molecule has 0 aliphatic carbocycles. The lowest BCUT2D eigenvalue weighted by Gasteiger charge is -2.36. The largest absolute Gasteiger partial charge is 0.309 e. The lowest BCUT2D eigenvalue weighted by Crippen LogP contribution is -2.75. The van der Waals surface area contributed by atoms with Crippen LogP contribution in [0.2, 0.25) is 0 Å². The first kappa shape index (κ1) is 30.4. The van der Waals surface area contributed by atoms with Crippen LogP contribution in [-0.4, -0.2) is 12.6 Å². The summed E-state index contributed by atoms with van der Waals surface area (Å²) in [6, 6.07) is 63.1. The van der Waals surface area contributed by atoms with Crippen molar-refractivity contribution in [1.29, 1.82) is 10.5 Å². The SMILES string of the molecule is [C-]#[N+]c1ccc2c(c1)c1cc(C#N)ccc1n2-c1ccccc1-c1cc(C#N)ccc1[Si](c1ccccc1)(c1ccccc1)c1ccccc1. The van der Waals surface area contributed by atoms with Crippen LogP contribution >= 0.6 is 0 Å². The molecule has 50 heavy (non-hydrogen) atoms. The monoisotopic (exact) mass is 652 g/mol. The van der Waals surface area contributed by atoms with E-state index in [0.29, 0.717) is 16.8 Å². The lowest BCUT2D eigenvalue weighted by atomic mass is 10.0. The van der Waals surface area contributed by atoms with Gasteiger partial charge in [0.15, 0.2) is 13.8 Å². The fourth-order valence-electron chi connectivity index (χ4n) is 7.50. The van der Waals surface area contributed by atoms with E-state index in [9.17, 15) is 10.5 Å². The third-order valence-electron chi connectivity index (χ3n) is 9.62. The van der Waals surface area contributed by atoms with Gasteiger partial charge in [0, 0.05) is 10.9 Å². The highest BCUT2D eigenvalue weighted by atomic mass is 28.3. The third kappa shape index (κ3) is 4.80. The summed E-state index contributed by atoms with van der Waals surface area (Å²) >= 11 is 0. The zero-order valence-electron chi connectivity index (χ0n) is 27.0. The second-order valence-corrected chi connectivity index (χ2v) is 16.0. The molecule has 1 aromatic heterocycles. The predicted molar refractivity (Wildman–Crippen MR) is 206 cm³/mol. The second-order valence-electron chi connectivity index (χ2n) is 12.2. The van der Waals surface area contributed by atoms with Crippen molar-refractivity contribution < 1.29 is 0 Å². The van der Waals surface area contributed by atoms with Gasteiger partial charge in [0.25, 0.3) is 0 Å². The van der Waals surface area contributed by atoms with Gasteiger partial charge in [-0.25, -0.2) is 4.85 Å². The van der Waals surface area contributed by atoms with Gasteiger partial charge in [-0.3, -0.25) is 0 Å². The molecule has 0 spiro atoms. The number of fused-ring (bicyclic) bond motifs is 3. The Bertz CT molecular complexity index is 2510. The van der Waals surface area contributed by atoms with Crippen molar-refractivity contribution in [2.24, 2.45) is 0 Å². The van der Waals surface area contributed by atoms with Crippen LogP contribution in [-0.2, 0) is 0 Å². The van der Waals surface area contributed by atoms with Crippen LogP contribution in [0, 0.1) is 29.2 Å². The number of aromatic nitrogens is 1. The van der Waals surface area contributed by atoms with Crippen molar-refractivity contribution >= 4 is 56.3 Å². The van der Waals surface area contributed by atoms with Crippen molar-refractivity contribution in [1.82, 2.24) is 4.57 Å². The van der Waals surface area contributed by atoms with Crippen molar-refractivity contribution in [3.8, 4) is 29.0 Å². The minimum atomic E-state index is -2.99. The number of hydrogen-bond acceptors (Lipinski definition) is 2. The molecule has 0 unspecified atom stereocenters. The Balaban J connectivity index is 1.52. The van der Waals surface area contributed by atoms with E-state index >= 15 is 0 Å². The first-order valence-electron chi connectivity index (χ1n) is 16.3. The molecule has 8 rings (SSSR count). The Hall–Kier alpha value is -6.97. The summed E-state index contributed by atoms with van der Waals surface area (Å²) in [6.07, 6.45) is 0. The van der Waals surface area contributed by atoms with E-state index in [2.05, 4.69) is 137 Å². The van der Waals surface area contributed by atoms with Gasteiger partial charge in [-0.15, -0.1) is 0 Å². The van der Waals surface area contributed by atoms with Crippen LogP contribution in [0.25, 0.3) is 43.5 Å². The van der Waals surface area contributed by atoms with Crippen molar-refractivity contribution in [3.63, 3.8) is 0 Å². The lowest BCUT2D eigenvalue weighted by molar-refractivity contribution is 1.18. The molecule has 0 radical (unpaired) electrons. The minimum absolute atomic E-state index is 0.542.